The Morgan fingerprint density at radius 2 is 1.88 bits per heavy atom. The van der Waals surface area contributed by atoms with Gasteiger partial charge in [0.2, 0.25) is 0 Å². The zero-order valence-corrected chi connectivity index (χ0v) is 15.1. The fourth-order valence-corrected chi connectivity index (χ4v) is 3.16. The van der Waals surface area contributed by atoms with Crippen molar-refractivity contribution in [3.63, 3.8) is 0 Å². The lowest BCUT2D eigenvalue weighted by atomic mass is 9.92. The molecule has 0 bridgehead atoms. The summed E-state index contributed by atoms with van der Waals surface area (Å²) in [6, 6.07) is 7.35. The van der Waals surface area contributed by atoms with Crippen LogP contribution in [0.4, 0.5) is 0 Å². The first kappa shape index (κ1) is 18.0. The van der Waals surface area contributed by atoms with E-state index in [1.165, 1.54) is 0 Å². The Morgan fingerprint density at radius 3 is 2.52 bits per heavy atom. The fraction of sp³-hybridized carbons (Fsp3) is 0.550. The number of ether oxygens (including phenoxy) is 3. The number of hydrogen-bond acceptors (Lipinski definition) is 4. The molecule has 5 nitrogen and oxygen atoms in total. The SMILES string of the molecule is C=CCOc1ccccc1C(=O)N1CCC2(CC1)OCC(C)(C)CO2. The minimum absolute atomic E-state index is 0.00866. The van der Waals surface area contributed by atoms with Crippen molar-refractivity contribution >= 4 is 5.91 Å². The number of para-hydroxylation sites is 1. The van der Waals surface area contributed by atoms with Crippen molar-refractivity contribution in [3.8, 4) is 5.75 Å². The quantitative estimate of drug-likeness (QED) is 0.786. The van der Waals surface area contributed by atoms with Crippen LogP contribution in [0.2, 0.25) is 0 Å². The molecule has 1 amide bonds. The largest absolute Gasteiger partial charge is 0.489 e. The van der Waals surface area contributed by atoms with E-state index in [1.54, 1.807) is 12.1 Å². The number of piperidine rings is 1. The molecule has 2 heterocycles. The molecule has 1 aromatic carbocycles. The van der Waals surface area contributed by atoms with Crippen LogP contribution >= 0.6 is 0 Å². The van der Waals surface area contributed by atoms with Crippen molar-refractivity contribution in [1.29, 1.82) is 0 Å². The standard InChI is InChI=1S/C20H27NO4/c1-4-13-23-17-8-6-5-7-16(17)18(22)21-11-9-20(10-12-21)24-14-19(2,3)15-25-20/h4-8H,1,9-15H2,2-3H3. The van der Waals surface area contributed by atoms with E-state index in [-0.39, 0.29) is 11.3 Å². The van der Waals surface area contributed by atoms with Gasteiger partial charge in [-0.15, -0.1) is 0 Å². The summed E-state index contributed by atoms with van der Waals surface area (Å²) in [6.07, 6.45) is 3.07. The van der Waals surface area contributed by atoms with Crippen LogP contribution in [0, 0.1) is 5.41 Å². The van der Waals surface area contributed by atoms with Crippen LogP contribution in [0.25, 0.3) is 0 Å². The molecular weight excluding hydrogens is 318 g/mol. The lowest BCUT2D eigenvalue weighted by molar-refractivity contribution is -0.311. The highest BCUT2D eigenvalue weighted by molar-refractivity contribution is 5.97. The molecule has 2 fully saturated rings. The average molecular weight is 345 g/mol. The topological polar surface area (TPSA) is 48.0 Å². The maximum absolute atomic E-state index is 12.9. The van der Waals surface area contributed by atoms with E-state index in [9.17, 15) is 4.79 Å². The van der Waals surface area contributed by atoms with Gasteiger partial charge in [0, 0.05) is 31.3 Å². The zero-order valence-electron chi connectivity index (χ0n) is 15.1. The highest BCUT2D eigenvalue weighted by atomic mass is 16.7. The van der Waals surface area contributed by atoms with Gasteiger partial charge in [-0.05, 0) is 12.1 Å². The van der Waals surface area contributed by atoms with Crippen LogP contribution in [0.5, 0.6) is 5.75 Å². The number of likely N-dealkylation sites (tertiary alicyclic amines) is 1. The van der Waals surface area contributed by atoms with Gasteiger partial charge >= 0.3 is 0 Å². The molecule has 25 heavy (non-hydrogen) atoms. The molecule has 0 unspecified atom stereocenters. The number of carbonyl (C=O) groups is 1. The minimum atomic E-state index is -0.523. The summed E-state index contributed by atoms with van der Waals surface area (Å²) in [4.78, 5) is 14.8. The third-order valence-electron chi connectivity index (χ3n) is 4.74. The number of hydrogen-bond donors (Lipinski definition) is 0. The van der Waals surface area contributed by atoms with Crippen LogP contribution in [0.1, 0.15) is 37.0 Å². The average Bonchev–Trinajstić information content (AvgIpc) is 2.63. The summed E-state index contributed by atoms with van der Waals surface area (Å²) in [5.74, 6) is 0.0655. The summed E-state index contributed by atoms with van der Waals surface area (Å²) in [5, 5.41) is 0. The van der Waals surface area contributed by atoms with Crippen molar-refractivity contribution in [2.24, 2.45) is 5.41 Å². The number of amides is 1. The van der Waals surface area contributed by atoms with E-state index in [4.69, 9.17) is 14.2 Å². The lowest BCUT2D eigenvalue weighted by Crippen LogP contribution is -2.54. The fourth-order valence-electron chi connectivity index (χ4n) is 3.16. The predicted molar refractivity (Wildman–Crippen MR) is 95.7 cm³/mol. The molecule has 0 aliphatic carbocycles. The summed E-state index contributed by atoms with van der Waals surface area (Å²) in [7, 11) is 0. The second kappa shape index (κ2) is 7.18. The summed E-state index contributed by atoms with van der Waals surface area (Å²) < 4.78 is 17.7. The van der Waals surface area contributed by atoms with Gasteiger partial charge in [0.1, 0.15) is 12.4 Å². The van der Waals surface area contributed by atoms with E-state index in [0.717, 1.165) is 0 Å². The molecule has 0 saturated carbocycles. The van der Waals surface area contributed by atoms with Crippen molar-refractivity contribution < 1.29 is 19.0 Å². The molecule has 1 spiro atoms. The molecule has 5 heteroatoms. The molecule has 1 aromatic rings. The Hall–Kier alpha value is -1.85. The predicted octanol–water partition coefficient (Wildman–Crippen LogP) is 3.26. The van der Waals surface area contributed by atoms with E-state index in [0.29, 0.717) is 57.1 Å². The minimum Gasteiger partial charge on any atom is -0.489 e. The first-order chi connectivity index (χ1) is 11.9. The van der Waals surface area contributed by atoms with Crippen LogP contribution in [0.15, 0.2) is 36.9 Å². The van der Waals surface area contributed by atoms with Gasteiger partial charge < -0.3 is 19.1 Å². The zero-order chi connectivity index (χ0) is 17.9. The molecule has 2 aliphatic rings. The highest BCUT2D eigenvalue weighted by Crippen LogP contribution is 2.36. The van der Waals surface area contributed by atoms with E-state index >= 15 is 0 Å². The second-order valence-corrected chi connectivity index (χ2v) is 7.54. The number of carbonyl (C=O) groups excluding carboxylic acids is 1. The normalized spacial score (nSPS) is 21.8. The third kappa shape index (κ3) is 4.05. The second-order valence-electron chi connectivity index (χ2n) is 7.54. The van der Waals surface area contributed by atoms with Gasteiger partial charge in [0.15, 0.2) is 5.79 Å². The molecule has 2 aliphatic heterocycles. The summed E-state index contributed by atoms with van der Waals surface area (Å²) in [5.41, 5.74) is 0.645. The number of benzene rings is 1. The van der Waals surface area contributed by atoms with Gasteiger partial charge in [-0.1, -0.05) is 38.6 Å². The molecule has 0 atom stereocenters. The lowest BCUT2D eigenvalue weighted by Gasteiger charge is -2.47. The summed E-state index contributed by atoms with van der Waals surface area (Å²) >= 11 is 0. The Morgan fingerprint density at radius 1 is 1.24 bits per heavy atom. The molecule has 2 saturated heterocycles. The monoisotopic (exact) mass is 345 g/mol. The maximum Gasteiger partial charge on any atom is 0.257 e. The molecule has 0 N–H and O–H groups in total. The van der Waals surface area contributed by atoms with Crippen molar-refractivity contribution in [1.82, 2.24) is 4.90 Å². The molecule has 136 valence electrons. The van der Waals surface area contributed by atoms with E-state index in [2.05, 4.69) is 20.4 Å². The molecule has 3 rings (SSSR count). The van der Waals surface area contributed by atoms with Crippen LogP contribution in [0.3, 0.4) is 0 Å². The maximum atomic E-state index is 12.9. The van der Waals surface area contributed by atoms with Gasteiger partial charge in [-0.25, -0.2) is 0 Å². The third-order valence-corrected chi connectivity index (χ3v) is 4.74. The highest BCUT2D eigenvalue weighted by Gasteiger charge is 2.43. The van der Waals surface area contributed by atoms with Gasteiger partial charge in [0.05, 0.1) is 18.8 Å². The van der Waals surface area contributed by atoms with Crippen molar-refractivity contribution in [3.05, 3.63) is 42.5 Å². The molecular formula is C20H27NO4. The van der Waals surface area contributed by atoms with Crippen molar-refractivity contribution in [2.75, 3.05) is 32.9 Å². The first-order valence-corrected chi connectivity index (χ1v) is 8.85. The Bertz CT molecular complexity index is 620. The Labute approximate surface area is 149 Å². The van der Waals surface area contributed by atoms with Crippen LogP contribution < -0.4 is 4.74 Å². The van der Waals surface area contributed by atoms with Crippen LogP contribution in [-0.4, -0.2) is 49.5 Å². The van der Waals surface area contributed by atoms with Crippen molar-refractivity contribution in [2.45, 2.75) is 32.5 Å². The first-order valence-electron chi connectivity index (χ1n) is 8.85. The Kier molecular flexibility index (Phi) is 5.16. The van der Waals surface area contributed by atoms with Gasteiger partial charge in [-0.3, -0.25) is 4.79 Å². The van der Waals surface area contributed by atoms with E-state index < -0.39 is 5.79 Å². The smallest absolute Gasteiger partial charge is 0.257 e. The molecule has 0 aromatic heterocycles. The van der Waals surface area contributed by atoms with Gasteiger partial charge in [-0.2, -0.15) is 0 Å². The molecule has 0 radical (unpaired) electrons. The Balaban J connectivity index is 1.63. The number of rotatable bonds is 4. The number of nitrogens with zero attached hydrogens (tertiary/aromatic N) is 1. The van der Waals surface area contributed by atoms with E-state index in [1.807, 2.05) is 23.1 Å². The summed E-state index contributed by atoms with van der Waals surface area (Å²) in [6.45, 7) is 10.9. The van der Waals surface area contributed by atoms with Crippen LogP contribution in [-0.2, 0) is 9.47 Å². The van der Waals surface area contributed by atoms with Gasteiger partial charge in [0.25, 0.3) is 5.91 Å².